The second kappa shape index (κ2) is 21.0. The van der Waals surface area contributed by atoms with Crippen molar-refractivity contribution in [3.05, 3.63) is 63.4 Å². The van der Waals surface area contributed by atoms with Crippen LogP contribution in [0.25, 0.3) is 0 Å². The Kier molecular flexibility index (Phi) is 19.5. The molecule has 0 fully saturated rings. The zero-order valence-electron chi connectivity index (χ0n) is 24.3. The molecular weight excluding hydrogens is 573 g/mol. The molecule has 14 heteroatoms. The van der Waals surface area contributed by atoms with Crippen LogP contribution in [0.2, 0.25) is 0 Å². The highest BCUT2D eigenvalue weighted by Gasteiger charge is 2.33. The first-order valence-electron chi connectivity index (χ1n) is 13.1. The van der Waals surface area contributed by atoms with Crippen molar-refractivity contribution in [1.29, 1.82) is 0 Å². The summed E-state index contributed by atoms with van der Waals surface area (Å²) < 4.78 is 23.9. The molecule has 1 heterocycles. The van der Waals surface area contributed by atoms with Gasteiger partial charge in [-0.1, -0.05) is 51.8 Å². The predicted molar refractivity (Wildman–Crippen MR) is 161 cm³/mol. The molecule has 1 aromatic carbocycles. The van der Waals surface area contributed by atoms with E-state index in [1.807, 2.05) is 39.7 Å². The van der Waals surface area contributed by atoms with Crippen LogP contribution in [0.3, 0.4) is 0 Å². The molecule has 3 unspecified atom stereocenters. The van der Waals surface area contributed by atoms with Crippen molar-refractivity contribution in [2.45, 2.75) is 59.9 Å². The van der Waals surface area contributed by atoms with E-state index in [4.69, 9.17) is 35.4 Å². The van der Waals surface area contributed by atoms with Gasteiger partial charge < -0.3 is 28.7 Å². The Bertz CT molecular complexity index is 1210. The summed E-state index contributed by atoms with van der Waals surface area (Å²) in [7, 11) is 0. The number of para-hydroxylation sites is 1. The second-order valence-electron chi connectivity index (χ2n) is 8.26. The summed E-state index contributed by atoms with van der Waals surface area (Å²) in [6.07, 6.45) is 4.03. The third-order valence-corrected chi connectivity index (χ3v) is 7.14. The van der Waals surface area contributed by atoms with Crippen molar-refractivity contribution < 1.29 is 33.5 Å². The molecule has 2 rings (SSSR count). The van der Waals surface area contributed by atoms with Gasteiger partial charge in [-0.2, -0.15) is 0 Å². The third kappa shape index (κ3) is 14.6. The number of hydrogen-bond acceptors (Lipinski definition) is 10. The highest BCUT2D eigenvalue weighted by molar-refractivity contribution is 8.09. The van der Waals surface area contributed by atoms with E-state index in [0.717, 1.165) is 10.6 Å². The van der Waals surface area contributed by atoms with E-state index < -0.39 is 48.8 Å². The Morgan fingerprint density at radius 2 is 1.78 bits per heavy atom. The largest absolute Gasteiger partial charge is 0.465 e. The normalized spacial score (nSPS) is 14.0. The van der Waals surface area contributed by atoms with E-state index in [2.05, 4.69) is 16.5 Å². The molecule has 1 aromatic heterocycles. The first-order valence-corrected chi connectivity index (χ1v) is 15.7. The number of terminal acetylenes is 1. The smallest absolute Gasteiger partial charge is 0.330 e. The van der Waals surface area contributed by atoms with Gasteiger partial charge in [-0.3, -0.25) is 19.1 Å². The standard InChI is InChI=1S/C22H32N3O8PS.C3H4O.C2H6/c1-5-30-21(28)20(15(2)3)24-34(35,33-17-9-7-6-8-10-17)31-14-16(4)32-19(13-26)25-12-11-18(27)23-22(25)29;1-2-3-4;1-2/h6-12,15-16,19-20,26H,5,13-14H2,1-4H3,(H,24,35)(H,23,27,29);1,4H,3H2;1-2H3/t16-,19?,20?,34?;;/m0../s1. The molecule has 0 radical (unpaired) electrons. The van der Waals surface area contributed by atoms with Crippen LogP contribution in [0, 0.1) is 18.3 Å². The molecule has 0 saturated heterocycles. The van der Waals surface area contributed by atoms with Gasteiger partial charge in [0.25, 0.3) is 5.56 Å². The van der Waals surface area contributed by atoms with E-state index in [-0.39, 0.29) is 25.7 Å². The Hall–Kier alpha value is -2.82. The van der Waals surface area contributed by atoms with Gasteiger partial charge in [0.1, 0.15) is 18.4 Å². The monoisotopic (exact) mass is 615 g/mol. The Labute approximate surface area is 246 Å². The lowest BCUT2D eigenvalue weighted by Gasteiger charge is -2.30. The molecule has 0 bridgehead atoms. The summed E-state index contributed by atoms with van der Waals surface area (Å²) in [5, 5.41) is 20.4. The number of aliphatic hydroxyl groups excluding tert-OH is 2. The molecule has 0 saturated carbocycles. The molecule has 0 aliphatic carbocycles. The van der Waals surface area contributed by atoms with Crippen LogP contribution < -0.4 is 20.9 Å². The number of carbonyl (C=O) groups excluding carboxylic acids is 1. The van der Waals surface area contributed by atoms with Gasteiger partial charge in [-0.05, 0) is 43.7 Å². The van der Waals surface area contributed by atoms with Crippen molar-refractivity contribution >= 4 is 24.4 Å². The van der Waals surface area contributed by atoms with Crippen molar-refractivity contribution in [1.82, 2.24) is 14.6 Å². The average molecular weight is 616 g/mol. The minimum absolute atomic E-state index is 0.0840. The number of aromatic nitrogens is 2. The van der Waals surface area contributed by atoms with Crippen molar-refractivity contribution in [3.63, 3.8) is 0 Å². The van der Waals surface area contributed by atoms with Gasteiger partial charge in [0, 0.05) is 12.3 Å². The molecule has 0 spiro atoms. The predicted octanol–water partition coefficient (Wildman–Crippen LogP) is 2.57. The van der Waals surface area contributed by atoms with Crippen LogP contribution in [0.4, 0.5) is 0 Å². The van der Waals surface area contributed by atoms with Crippen LogP contribution in [-0.2, 0) is 30.6 Å². The summed E-state index contributed by atoms with van der Waals surface area (Å²) in [6.45, 7) is 7.21. The first kappa shape index (κ1) is 38.2. The molecule has 0 amide bonds. The maximum atomic E-state index is 12.5. The average Bonchev–Trinajstić information content (AvgIpc) is 2.95. The zero-order valence-corrected chi connectivity index (χ0v) is 26.0. The number of H-pyrrole nitrogens is 1. The number of carbonyl (C=O) groups is 1. The number of rotatable bonds is 14. The third-order valence-electron chi connectivity index (χ3n) is 4.75. The number of hydrogen-bond donors (Lipinski definition) is 4. The fourth-order valence-electron chi connectivity index (χ4n) is 2.95. The summed E-state index contributed by atoms with van der Waals surface area (Å²) in [4.78, 5) is 38.0. The van der Waals surface area contributed by atoms with E-state index in [1.54, 1.807) is 38.1 Å². The molecule has 230 valence electrons. The SMILES string of the molecule is C#CCO.CC.CCOC(=O)C(NP(=S)(OC[C@H](C)OC(CO)n1ccc(=O)[nH]c1=O)Oc1ccccc1)C(C)C. The lowest BCUT2D eigenvalue weighted by molar-refractivity contribution is -0.146. The van der Waals surface area contributed by atoms with Crippen LogP contribution in [-0.4, -0.2) is 64.3 Å². The molecule has 4 atom stereocenters. The lowest BCUT2D eigenvalue weighted by atomic mass is 10.1. The van der Waals surface area contributed by atoms with E-state index in [9.17, 15) is 19.5 Å². The molecule has 41 heavy (non-hydrogen) atoms. The van der Waals surface area contributed by atoms with Gasteiger partial charge in [0.15, 0.2) is 6.23 Å². The van der Waals surface area contributed by atoms with Gasteiger partial charge >= 0.3 is 18.3 Å². The number of aromatic amines is 1. The Morgan fingerprint density at radius 1 is 1.17 bits per heavy atom. The summed E-state index contributed by atoms with van der Waals surface area (Å²) in [6, 6.07) is 9.18. The summed E-state index contributed by atoms with van der Waals surface area (Å²) >= 11 is 5.72. The Morgan fingerprint density at radius 3 is 2.27 bits per heavy atom. The van der Waals surface area contributed by atoms with Gasteiger partial charge in [0.05, 0.1) is 25.9 Å². The number of ether oxygens (including phenoxy) is 2. The molecule has 0 aliphatic rings. The van der Waals surface area contributed by atoms with Crippen molar-refractivity contribution in [2.24, 2.45) is 5.92 Å². The van der Waals surface area contributed by atoms with Crippen LogP contribution in [0.1, 0.15) is 47.8 Å². The quantitative estimate of drug-likeness (QED) is 0.140. The molecule has 12 nitrogen and oxygen atoms in total. The molecule has 4 N–H and O–H groups in total. The summed E-state index contributed by atoms with van der Waals surface area (Å²) in [5.74, 6) is 1.80. The minimum atomic E-state index is -3.30. The maximum Gasteiger partial charge on any atom is 0.330 e. The van der Waals surface area contributed by atoms with E-state index in [0.29, 0.717) is 5.75 Å². The topological polar surface area (TPSA) is 161 Å². The number of aliphatic hydroxyl groups is 2. The van der Waals surface area contributed by atoms with E-state index >= 15 is 0 Å². The molecule has 2 aromatic rings. The van der Waals surface area contributed by atoms with Crippen molar-refractivity contribution in [3.8, 4) is 18.1 Å². The Balaban J connectivity index is 0.00000244. The van der Waals surface area contributed by atoms with Gasteiger partial charge in [-0.15, -0.1) is 6.42 Å². The van der Waals surface area contributed by atoms with Crippen molar-refractivity contribution in [2.75, 3.05) is 26.4 Å². The second-order valence-corrected chi connectivity index (χ2v) is 11.4. The molecular formula is C27H42N3O9PS. The highest BCUT2D eigenvalue weighted by atomic mass is 32.5. The minimum Gasteiger partial charge on any atom is -0.465 e. The molecule has 0 aliphatic heterocycles. The highest BCUT2D eigenvalue weighted by Crippen LogP contribution is 2.46. The van der Waals surface area contributed by atoms with E-state index in [1.165, 1.54) is 6.20 Å². The van der Waals surface area contributed by atoms with Crippen LogP contribution in [0.15, 0.2) is 52.2 Å². The number of benzene rings is 1. The zero-order chi connectivity index (χ0) is 31.4. The van der Waals surface area contributed by atoms with Gasteiger partial charge in [-0.25, -0.2) is 9.88 Å². The van der Waals surface area contributed by atoms with Crippen LogP contribution >= 0.6 is 6.64 Å². The number of esters is 1. The number of nitrogens with zero attached hydrogens (tertiary/aromatic N) is 1. The first-order chi connectivity index (χ1) is 19.5. The number of nitrogens with one attached hydrogen (secondary N) is 2. The van der Waals surface area contributed by atoms with Gasteiger partial charge in [0.2, 0.25) is 0 Å². The maximum absolute atomic E-state index is 12.5. The summed E-state index contributed by atoms with van der Waals surface area (Å²) in [5.41, 5.74) is -1.29. The lowest BCUT2D eigenvalue weighted by Crippen LogP contribution is -2.42. The van der Waals surface area contributed by atoms with Crippen LogP contribution in [0.5, 0.6) is 5.75 Å². The fraction of sp³-hybridized carbons (Fsp3) is 0.519. The fourth-order valence-corrected chi connectivity index (χ4v) is 5.46.